The highest BCUT2D eigenvalue weighted by Gasteiger charge is 2.29. The molecule has 0 bridgehead atoms. The maximum absolute atomic E-state index is 12.8. The van der Waals surface area contributed by atoms with Crippen LogP contribution in [0.5, 0.6) is 5.75 Å². The van der Waals surface area contributed by atoms with Crippen LogP contribution in [0.4, 0.5) is 10.6 Å². The number of aryl methyl sites for hydroxylation is 1. The standard InChI is InChI=1S/C24H26N6O2/c1-28-14-11-21(27-28)25-24(31)29-12-6-8-18(16-29)23-26-22(20-10-3-4-13-30(20)23)17-7-5-9-19(15-17)32-2/h3-5,7,9-11,13-15,18H,6,8,12,16H2,1-2H3,(H,25,27,31)/t18-/m1/s1. The van der Waals surface area contributed by atoms with Crippen LogP contribution in [0, 0.1) is 0 Å². The smallest absolute Gasteiger partial charge is 0.323 e. The van der Waals surface area contributed by atoms with Gasteiger partial charge >= 0.3 is 6.03 Å². The number of imidazole rings is 1. The molecule has 8 heteroatoms. The zero-order chi connectivity index (χ0) is 22.1. The van der Waals surface area contributed by atoms with Gasteiger partial charge in [-0.1, -0.05) is 18.2 Å². The molecule has 1 aromatic carbocycles. The Morgan fingerprint density at radius 2 is 2.06 bits per heavy atom. The van der Waals surface area contributed by atoms with E-state index in [1.54, 1.807) is 17.9 Å². The molecule has 1 atom stereocenters. The number of aromatic nitrogens is 4. The summed E-state index contributed by atoms with van der Waals surface area (Å²) in [6.45, 7) is 1.34. The molecular weight excluding hydrogens is 404 g/mol. The van der Waals surface area contributed by atoms with Gasteiger partial charge in [-0.15, -0.1) is 0 Å². The minimum atomic E-state index is -0.123. The monoisotopic (exact) mass is 430 g/mol. The number of hydrogen-bond acceptors (Lipinski definition) is 4. The number of carbonyl (C=O) groups is 1. The number of urea groups is 1. The number of methoxy groups -OCH3 is 1. The van der Waals surface area contributed by atoms with Crippen LogP contribution in [0.2, 0.25) is 0 Å². The number of fused-ring (bicyclic) bond motifs is 1. The second-order valence-corrected chi connectivity index (χ2v) is 8.10. The molecule has 164 valence electrons. The Balaban J connectivity index is 1.44. The Hall–Kier alpha value is -3.81. The Morgan fingerprint density at radius 1 is 1.16 bits per heavy atom. The topological polar surface area (TPSA) is 76.7 Å². The van der Waals surface area contributed by atoms with Crippen LogP contribution in [0.3, 0.4) is 0 Å². The molecule has 1 N–H and O–H groups in total. The van der Waals surface area contributed by atoms with Crippen LogP contribution in [0.1, 0.15) is 24.6 Å². The van der Waals surface area contributed by atoms with Crippen LogP contribution < -0.4 is 10.1 Å². The Morgan fingerprint density at radius 3 is 2.88 bits per heavy atom. The third-order valence-electron chi connectivity index (χ3n) is 5.94. The number of amides is 2. The minimum Gasteiger partial charge on any atom is -0.497 e. The van der Waals surface area contributed by atoms with Gasteiger partial charge in [0.1, 0.15) is 11.6 Å². The number of nitrogens with one attached hydrogen (secondary N) is 1. The molecule has 3 aromatic heterocycles. The van der Waals surface area contributed by atoms with Gasteiger partial charge in [0.05, 0.1) is 18.3 Å². The summed E-state index contributed by atoms with van der Waals surface area (Å²) in [5, 5.41) is 7.15. The normalized spacial score (nSPS) is 16.3. The van der Waals surface area contributed by atoms with Gasteiger partial charge in [-0.05, 0) is 37.1 Å². The molecule has 4 heterocycles. The molecule has 0 unspecified atom stereocenters. The number of piperidine rings is 1. The second-order valence-electron chi connectivity index (χ2n) is 8.10. The number of likely N-dealkylation sites (tertiary alicyclic amines) is 1. The van der Waals surface area contributed by atoms with Gasteiger partial charge in [0.15, 0.2) is 5.82 Å². The largest absolute Gasteiger partial charge is 0.497 e. The number of nitrogens with zero attached hydrogens (tertiary/aromatic N) is 5. The van der Waals surface area contributed by atoms with E-state index in [9.17, 15) is 4.79 Å². The lowest BCUT2D eigenvalue weighted by Gasteiger charge is -2.32. The van der Waals surface area contributed by atoms with Gasteiger partial charge in [-0.3, -0.25) is 10.00 Å². The summed E-state index contributed by atoms with van der Waals surface area (Å²) in [5.41, 5.74) is 2.99. The number of pyridine rings is 1. The first kappa shape index (κ1) is 20.1. The molecular formula is C24H26N6O2. The number of anilines is 1. The van der Waals surface area contributed by atoms with E-state index in [1.807, 2.05) is 54.7 Å². The summed E-state index contributed by atoms with van der Waals surface area (Å²) >= 11 is 0. The first-order valence-corrected chi connectivity index (χ1v) is 10.8. The van der Waals surface area contributed by atoms with Crippen molar-refractivity contribution in [2.24, 2.45) is 7.05 Å². The predicted molar refractivity (Wildman–Crippen MR) is 123 cm³/mol. The molecule has 2 amide bonds. The molecule has 8 nitrogen and oxygen atoms in total. The van der Waals surface area contributed by atoms with Gasteiger partial charge in [-0.2, -0.15) is 5.10 Å². The fraction of sp³-hybridized carbons (Fsp3) is 0.292. The summed E-state index contributed by atoms with van der Waals surface area (Å²) in [6.07, 6.45) is 5.77. The van der Waals surface area contributed by atoms with Crippen molar-refractivity contribution in [1.82, 2.24) is 24.1 Å². The number of hydrogen-bond donors (Lipinski definition) is 1. The van der Waals surface area contributed by atoms with Crippen molar-refractivity contribution >= 4 is 17.4 Å². The molecule has 5 rings (SSSR count). The molecule has 1 aliphatic rings. The van der Waals surface area contributed by atoms with Crippen LogP contribution in [-0.4, -0.2) is 50.3 Å². The van der Waals surface area contributed by atoms with Crippen molar-refractivity contribution < 1.29 is 9.53 Å². The van der Waals surface area contributed by atoms with E-state index in [2.05, 4.69) is 26.9 Å². The van der Waals surface area contributed by atoms with Crippen LogP contribution in [-0.2, 0) is 7.05 Å². The third kappa shape index (κ3) is 3.79. The first-order valence-electron chi connectivity index (χ1n) is 10.8. The number of rotatable bonds is 4. The fourth-order valence-electron chi connectivity index (χ4n) is 4.38. The van der Waals surface area contributed by atoms with Gasteiger partial charge in [0.25, 0.3) is 0 Å². The molecule has 0 aliphatic carbocycles. The summed E-state index contributed by atoms with van der Waals surface area (Å²) in [4.78, 5) is 19.8. The lowest BCUT2D eigenvalue weighted by atomic mass is 9.97. The van der Waals surface area contributed by atoms with Crippen molar-refractivity contribution in [1.29, 1.82) is 0 Å². The van der Waals surface area contributed by atoms with E-state index in [4.69, 9.17) is 9.72 Å². The summed E-state index contributed by atoms with van der Waals surface area (Å²) in [5.74, 6) is 2.49. The molecule has 0 saturated carbocycles. The highest BCUT2D eigenvalue weighted by molar-refractivity contribution is 5.88. The van der Waals surface area contributed by atoms with Crippen LogP contribution >= 0.6 is 0 Å². The zero-order valence-corrected chi connectivity index (χ0v) is 18.2. The Labute approximate surface area is 186 Å². The predicted octanol–water partition coefficient (Wildman–Crippen LogP) is 4.15. The maximum atomic E-state index is 12.8. The van der Waals surface area contributed by atoms with Gasteiger partial charge in [-0.25, -0.2) is 9.78 Å². The number of carbonyl (C=O) groups excluding carboxylic acids is 1. The molecule has 0 spiro atoms. The molecule has 1 aliphatic heterocycles. The number of ether oxygens (including phenoxy) is 1. The highest BCUT2D eigenvalue weighted by Crippen LogP contribution is 2.33. The molecule has 1 fully saturated rings. The van der Waals surface area contributed by atoms with Crippen molar-refractivity contribution in [3.63, 3.8) is 0 Å². The van der Waals surface area contributed by atoms with E-state index in [0.717, 1.165) is 47.7 Å². The van der Waals surface area contributed by atoms with E-state index in [0.29, 0.717) is 12.4 Å². The Bertz CT molecular complexity index is 1260. The average molecular weight is 431 g/mol. The van der Waals surface area contributed by atoms with Gasteiger partial charge < -0.3 is 14.0 Å². The van der Waals surface area contributed by atoms with Crippen LogP contribution in [0.15, 0.2) is 60.9 Å². The summed E-state index contributed by atoms with van der Waals surface area (Å²) in [7, 11) is 3.50. The average Bonchev–Trinajstić information content (AvgIpc) is 3.42. The van der Waals surface area contributed by atoms with Crippen molar-refractivity contribution in [2.75, 3.05) is 25.5 Å². The quantitative estimate of drug-likeness (QED) is 0.528. The minimum absolute atomic E-state index is 0.123. The van der Waals surface area contributed by atoms with E-state index in [-0.39, 0.29) is 11.9 Å². The number of benzene rings is 1. The highest BCUT2D eigenvalue weighted by atomic mass is 16.5. The van der Waals surface area contributed by atoms with Crippen molar-refractivity contribution in [3.05, 3.63) is 66.7 Å². The van der Waals surface area contributed by atoms with E-state index in [1.165, 1.54) is 0 Å². The lowest BCUT2D eigenvalue weighted by molar-refractivity contribution is 0.191. The fourth-order valence-corrected chi connectivity index (χ4v) is 4.38. The summed E-state index contributed by atoms with van der Waals surface area (Å²) < 4.78 is 9.23. The SMILES string of the molecule is COc1cccc(-c2nc([C@@H]3CCCN(C(=O)Nc4ccn(C)n4)C3)n3ccccc23)c1. The van der Waals surface area contributed by atoms with Crippen molar-refractivity contribution in [2.45, 2.75) is 18.8 Å². The summed E-state index contributed by atoms with van der Waals surface area (Å²) in [6, 6.07) is 15.8. The zero-order valence-electron chi connectivity index (χ0n) is 18.2. The van der Waals surface area contributed by atoms with Gasteiger partial charge in [0, 0.05) is 50.1 Å². The second kappa shape index (κ2) is 8.37. The van der Waals surface area contributed by atoms with Crippen LogP contribution in [0.25, 0.3) is 16.8 Å². The van der Waals surface area contributed by atoms with Gasteiger partial charge in [0.2, 0.25) is 0 Å². The maximum Gasteiger partial charge on any atom is 0.323 e. The lowest BCUT2D eigenvalue weighted by Crippen LogP contribution is -2.42. The molecule has 4 aromatic rings. The van der Waals surface area contributed by atoms with E-state index < -0.39 is 0 Å². The third-order valence-corrected chi connectivity index (χ3v) is 5.94. The molecule has 0 radical (unpaired) electrons. The first-order chi connectivity index (χ1) is 15.6. The molecule has 1 saturated heterocycles. The Kier molecular flexibility index (Phi) is 5.26. The van der Waals surface area contributed by atoms with E-state index >= 15 is 0 Å². The molecule has 32 heavy (non-hydrogen) atoms. The van der Waals surface area contributed by atoms with Crippen molar-refractivity contribution in [3.8, 4) is 17.0 Å².